The lowest BCUT2D eigenvalue weighted by Gasteiger charge is -2.23. The van der Waals surface area contributed by atoms with E-state index in [9.17, 15) is 22.4 Å². The van der Waals surface area contributed by atoms with Gasteiger partial charge in [-0.3, -0.25) is 4.79 Å². The average Bonchev–Trinajstić information content (AvgIpc) is 3.25. The molecule has 1 amide bonds. The van der Waals surface area contributed by atoms with Crippen LogP contribution in [0.3, 0.4) is 0 Å². The fourth-order valence-electron chi connectivity index (χ4n) is 4.32. The number of benzene rings is 2. The van der Waals surface area contributed by atoms with Gasteiger partial charge in [0.05, 0.1) is 19.8 Å². The van der Waals surface area contributed by atoms with Crippen molar-refractivity contribution in [2.75, 3.05) is 34.4 Å². The average molecular weight is 515 g/mol. The summed E-state index contributed by atoms with van der Waals surface area (Å²) in [6, 6.07) is 8.98. The topological polar surface area (TPSA) is 64.8 Å². The smallest absolute Gasteiger partial charge is 0.416 e. The molecule has 1 saturated carbocycles. The number of methoxy groups -OCH3 is 2. The molecule has 2 fully saturated rings. The van der Waals surface area contributed by atoms with Crippen molar-refractivity contribution in [2.45, 2.75) is 45.7 Å². The van der Waals surface area contributed by atoms with Gasteiger partial charge in [-0.25, -0.2) is 4.39 Å². The Morgan fingerprint density at radius 2 is 1.42 bits per heavy atom. The molecule has 1 saturated heterocycles. The number of fused-ring (bicyclic) bond motifs is 1. The molecule has 36 heavy (non-hydrogen) atoms. The van der Waals surface area contributed by atoms with E-state index < -0.39 is 29.0 Å². The summed E-state index contributed by atoms with van der Waals surface area (Å²) in [4.78, 5) is 13.0. The van der Waals surface area contributed by atoms with Crippen LogP contribution in [0.1, 0.15) is 55.5 Å². The molecule has 0 spiro atoms. The molecule has 2 aromatic rings. The number of carbonyl (C=O) groups is 1. The van der Waals surface area contributed by atoms with Crippen LogP contribution in [0.2, 0.25) is 0 Å². The highest BCUT2D eigenvalue weighted by atomic mass is 19.4. The van der Waals surface area contributed by atoms with Gasteiger partial charge >= 0.3 is 6.18 Å². The van der Waals surface area contributed by atoms with Crippen molar-refractivity contribution in [3.05, 3.63) is 59.4 Å². The normalized spacial score (nSPS) is 18.7. The summed E-state index contributed by atoms with van der Waals surface area (Å²) >= 11 is 0. The van der Waals surface area contributed by atoms with Crippen LogP contribution in [-0.2, 0) is 6.18 Å². The Morgan fingerprint density at radius 3 is 1.81 bits per heavy atom. The number of ether oxygens (including phenoxy) is 2. The van der Waals surface area contributed by atoms with Crippen molar-refractivity contribution in [2.24, 2.45) is 17.6 Å². The molecule has 1 aliphatic carbocycles. The number of hydrogen-bond donors (Lipinski definition) is 1. The van der Waals surface area contributed by atoms with Gasteiger partial charge in [0, 0.05) is 18.7 Å². The number of nitrogens with two attached hydrogens (primary N) is 1. The van der Waals surface area contributed by atoms with Crippen molar-refractivity contribution in [1.29, 1.82) is 0 Å². The van der Waals surface area contributed by atoms with Crippen molar-refractivity contribution in [3.8, 4) is 11.5 Å². The predicted octanol–water partition coefficient (Wildman–Crippen LogP) is 6.41. The van der Waals surface area contributed by atoms with Crippen molar-refractivity contribution in [1.82, 2.24) is 4.90 Å². The van der Waals surface area contributed by atoms with E-state index in [1.165, 1.54) is 38.8 Å². The molecule has 2 aromatic carbocycles. The SMILES string of the molecule is CC.CN1CC2CCCCC2C1.COc1ccccc1OC.NC(=O)c1cc(F)cc(C(F)(F)F)c1. The number of primary amides is 1. The largest absolute Gasteiger partial charge is 0.493 e. The van der Waals surface area contributed by atoms with Crippen molar-refractivity contribution >= 4 is 5.91 Å². The number of halogens is 4. The number of rotatable bonds is 3. The Balaban J connectivity index is 0.000000265. The molecular weight excluding hydrogens is 476 g/mol. The minimum atomic E-state index is -4.69. The minimum Gasteiger partial charge on any atom is -0.493 e. The molecule has 0 bridgehead atoms. The maximum absolute atomic E-state index is 12.6. The predicted molar refractivity (Wildman–Crippen MR) is 134 cm³/mol. The van der Waals surface area contributed by atoms with Gasteiger partial charge in [-0.2, -0.15) is 13.2 Å². The van der Waals surface area contributed by atoms with Crippen LogP contribution < -0.4 is 15.2 Å². The molecule has 2 atom stereocenters. The number of hydrogen-bond acceptors (Lipinski definition) is 4. The summed E-state index contributed by atoms with van der Waals surface area (Å²) in [6.07, 6.45) is 1.32. The first kappa shape index (κ1) is 31.2. The van der Waals surface area contributed by atoms with E-state index in [2.05, 4.69) is 11.9 Å². The first-order chi connectivity index (χ1) is 17.0. The number of amides is 1. The zero-order valence-corrected chi connectivity index (χ0v) is 21.7. The van der Waals surface area contributed by atoms with Gasteiger partial charge in [-0.05, 0) is 62.1 Å². The van der Waals surface area contributed by atoms with Gasteiger partial charge in [-0.15, -0.1) is 0 Å². The van der Waals surface area contributed by atoms with E-state index in [1.807, 2.05) is 38.1 Å². The second-order valence-corrected chi connectivity index (χ2v) is 8.47. The summed E-state index contributed by atoms with van der Waals surface area (Å²) in [6.45, 7) is 6.76. The Bertz CT molecular complexity index is 900. The van der Waals surface area contributed by atoms with E-state index in [4.69, 9.17) is 15.2 Å². The molecule has 1 heterocycles. The second-order valence-electron chi connectivity index (χ2n) is 8.47. The molecule has 2 aliphatic rings. The summed E-state index contributed by atoms with van der Waals surface area (Å²) in [5.41, 5.74) is 2.99. The molecule has 1 aliphatic heterocycles. The third-order valence-corrected chi connectivity index (χ3v) is 5.96. The van der Waals surface area contributed by atoms with Crippen LogP contribution in [0.25, 0.3) is 0 Å². The summed E-state index contributed by atoms with van der Waals surface area (Å²) < 4.78 is 58.9. The van der Waals surface area contributed by atoms with Gasteiger partial charge in [0.1, 0.15) is 5.82 Å². The third kappa shape index (κ3) is 10.0. The Labute approximate surface area is 211 Å². The van der Waals surface area contributed by atoms with Crippen LogP contribution in [0.4, 0.5) is 17.6 Å². The molecule has 0 aromatic heterocycles. The van der Waals surface area contributed by atoms with Gasteiger partial charge in [0.25, 0.3) is 0 Å². The fourth-order valence-corrected chi connectivity index (χ4v) is 4.32. The van der Waals surface area contributed by atoms with E-state index in [1.54, 1.807) is 14.2 Å². The van der Waals surface area contributed by atoms with Crippen LogP contribution in [-0.4, -0.2) is 45.2 Å². The Hall–Kier alpha value is -2.81. The number of alkyl halides is 3. The zero-order valence-electron chi connectivity index (χ0n) is 21.7. The second kappa shape index (κ2) is 15.3. The quantitative estimate of drug-likeness (QED) is 0.481. The lowest BCUT2D eigenvalue weighted by Crippen LogP contribution is -2.16. The lowest BCUT2D eigenvalue weighted by atomic mass is 9.82. The minimum absolute atomic E-state index is 0.298. The zero-order chi connectivity index (χ0) is 27.3. The maximum Gasteiger partial charge on any atom is 0.416 e. The molecule has 5 nitrogen and oxygen atoms in total. The maximum atomic E-state index is 12.6. The molecule has 0 radical (unpaired) electrons. The van der Waals surface area contributed by atoms with E-state index in [0.29, 0.717) is 18.2 Å². The fraction of sp³-hybridized carbons (Fsp3) is 0.519. The van der Waals surface area contributed by atoms with Gasteiger partial charge in [0.15, 0.2) is 11.5 Å². The molecule has 9 heteroatoms. The monoisotopic (exact) mass is 514 g/mol. The van der Waals surface area contributed by atoms with E-state index in [0.717, 1.165) is 23.3 Å². The molecule has 202 valence electrons. The van der Waals surface area contributed by atoms with E-state index >= 15 is 0 Å². The Kier molecular flexibility index (Phi) is 13.3. The molecule has 4 rings (SSSR count). The first-order valence-corrected chi connectivity index (χ1v) is 12.1. The molecule has 2 N–H and O–H groups in total. The first-order valence-electron chi connectivity index (χ1n) is 12.1. The molecule has 2 unspecified atom stereocenters. The molecular formula is C27H38F4N2O3. The van der Waals surface area contributed by atoms with Crippen LogP contribution >= 0.6 is 0 Å². The summed E-state index contributed by atoms with van der Waals surface area (Å²) in [7, 11) is 5.51. The highest BCUT2D eigenvalue weighted by Crippen LogP contribution is 2.35. The Morgan fingerprint density at radius 1 is 0.944 bits per heavy atom. The van der Waals surface area contributed by atoms with Crippen molar-refractivity contribution in [3.63, 3.8) is 0 Å². The summed E-state index contributed by atoms with van der Waals surface area (Å²) in [5, 5.41) is 0. The van der Waals surface area contributed by atoms with Crippen molar-refractivity contribution < 1.29 is 31.8 Å². The van der Waals surface area contributed by atoms with Gasteiger partial charge in [0.2, 0.25) is 5.91 Å². The van der Waals surface area contributed by atoms with E-state index in [-0.39, 0.29) is 0 Å². The van der Waals surface area contributed by atoms with Crippen LogP contribution in [0.5, 0.6) is 11.5 Å². The van der Waals surface area contributed by atoms with Crippen LogP contribution in [0.15, 0.2) is 42.5 Å². The van der Waals surface area contributed by atoms with Crippen LogP contribution in [0, 0.1) is 17.7 Å². The number of likely N-dealkylation sites (tertiary alicyclic amines) is 1. The summed E-state index contributed by atoms with van der Waals surface area (Å²) in [5.74, 6) is 1.43. The standard InChI is InChI=1S/C9H17N.C8H5F4NO.C8H10O2.C2H6/c1-10-6-8-4-2-3-5-9(8)7-10;9-6-2-4(7(13)14)1-5(3-6)8(10,11)12;1-9-7-5-3-4-6-8(7)10-2;1-2/h8-9H,2-7H2,1H3;1-3H,(H2,13,14);3-6H,1-2H3;1-2H3. The third-order valence-electron chi connectivity index (χ3n) is 5.96. The number of para-hydroxylation sites is 2. The highest BCUT2D eigenvalue weighted by molar-refractivity contribution is 5.92. The number of carbonyl (C=O) groups excluding carboxylic acids is 1. The lowest BCUT2D eigenvalue weighted by molar-refractivity contribution is -0.137. The number of nitrogens with zero attached hydrogens (tertiary/aromatic N) is 1. The van der Waals surface area contributed by atoms with Gasteiger partial charge in [-0.1, -0.05) is 38.8 Å². The van der Waals surface area contributed by atoms with Gasteiger partial charge < -0.3 is 20.1 Å². The highest BCUT2D eigenvalue weighted by Gasteiger charge is 2.32.